The molecular weight excluding hydrogens is 530 g/mol. The van der Waals surface area contributed by atoms with Gasteiger partial charge in [0.05, 0.1) is 0 Å². The van der Waals surface area contributed by atoms with Crippen LogP contribution in [0.3, 0.4) is 0 Å². The van der Waals surface area contributed by atoms with Crippen molar-refractivity contribution in [2.45, 2.75) is 50.2 Å². The number of primary amides is 1. The van der Waals surface area contributed by atoms with Crippen molar-refractivity contribution in [1.29, 1.82) is 0 Å². The van der Waals surface area contributed by atoms with Crippen molar-refractivity contribution < 1.29 is 23.5 Å². The number of ether oxygens (including phenoxy) is 1. The Morgan fingerprint density at radius 3 is 2.42 bits per heavy atom. The van der Waals surface area contributed by atoms with E-state index in [2.05, 4.69) is 23.6 Å². The van der Waals surface area contributed by atoms with Gasteiger partial charge in [-0.05, 0) is 0 Å². The summed E-state index contributed by atoms with van der Waals surface area (Å²) in [7, 11) is 3.22. The number of likely N-dealkylation sites (tertiary alicyclic amines) is 1. The first-order chi connectivity index (χ1) is 15.5. The van der Waals surface area contributed by atoms with Crippen LogP contribution in [0, 0.1) is 17.8 Å². The Morgan fingerprint density at radius 1 is 1.24 bits per heavy atom. The summed E-state index contributed by atoms with van der Waals surface area (Å²) in [5.41, 5.74) is 7.26. The van der Waals surface area contributed by atoms with Gasteiger partial charge in [-0.15, -0.1) is 0 Å². The average Bonchev–Trinajstić information content (AvgIpc) is 3.16. The number of carbonyl (C=O) groups is 3. The van der Waals surface area contributed by atoms with Gasteiger partial charge in [0.2, 0.25) is 0 Å². The molecule has 2 bridgehead atoms. The Hall–Kier alpha value is -1.42. The molecule has 3 aliphatic rings. The Bertz CT molecular complexity index is 873. The summed E-state index contributed by atoms with van der Waals surface area (Å²) in [4.78, 5) is 44.7. The van der Waals surface area contributed by atoms with Gasteiger partial charge >= 0.3 is 207 Å². The quantitative estimate of drug-likeness (QED) is 0.351. The van der Waals surface area contributed by atoms with E-state index < -0.39 is 56.2 Å². The molecule has 1 fully saturated rings. The van der Waals surface area contributed by atoms with Gasteiger partial charge in [0.1, 0.15) is 0 Å². The van der Waals surface area contributed by atoms with Gasteiger partial charge in [0, 0.05) is 0 Å². The second kappa shape index (κ2) is 10.5. The summed E-state index contributed by atoms with van der Waals surface area (Å²) in [5, 5.41) is 0. The number of nitrogens with zero attached hydrogens (tertiary/aromatic N) is 3. The van der Waals surface area contributed by atoms with Crippen molar-refractivity contribution in [3.8, 4) is 0 Å². The van der Waals surface area contributed by atoms with Crippen molar-refractivity contribution in [3.05, 3.63) is 11.3 Å². The van der Waals surface area contributed by atoms with Crippen molar-refractivity contribution in [1.82, 2.24) is 14.7 Å². The Kier molecular flexibility index (Phi) is 8.30. The molecule has 3 heterocycles. The van der Waals surface area contributed by atoms with Crippen LogP contribution < -0.4 is 5.73 Å². The SMILES string of the molecule is CCN(CC)CCN1/C(=C2\[C]3=[In][CH](OC(=O)C2C(=O)N(C)C)C(F)C3)C(C)C(C(N)=O)C1C. The molecule has 3 rings (SSSR count). The van der Waals surface area contributed by atoms with Crippen LogP contribution >= 0.6 is 0 Å². The van der Waals surface area contributed by atoms with Gasteiger partial charge in [-0.1, -0.05) is 0 Å². The maximum absolute atomic E-state index is 14.7. The zero-order valence-corrected chi connectivity index (χ0v) is 23.8. The normalized spacial score (nSPS) is 33.5. The summed E-state index contributed by atoms with van der Waals surface area (Å²) >= 11 is -1.79. The molecule has 0 aromatic rings. The minimum atomic E-state index is -1.79. The number of halogens is 1. The molecule has 0 radical (unpaired) electrons. The van der Waals surface area contributed by atoms with Gasteiger partial charge in [0.25, 0.3) is 0 Å². The van der Waals surface area contributed by atoms with Crippen molar-refractivity contribution in [3.63, 3.8) is 0 Å². The van der Waals surface area contributed by atoms with Crippen LogP contribution in [0.15, 0.2) is 11.3 Å². The van der Waals surface area contributed by atoms with Crippen molar-refractivity contribution in [2.75, 3.05) is 40.3 Å². The number of esters is 1. The number of nitrogens with two attached hydrogens (primary N) is 1. The van der Waals surface area contributed by atoms with E-state index in [0.717, 1.165) is 28.6 Å². The number of hydrogen-bond acceptors (Lipinski definition) is 6. The molecular formula is C23H36FInN4O4. The number of rotatable bonds is 7. The van der Waals surface area contributed by atoms with Crippen LogP contribution in [0.4, 0.5) is 4.39 Å². The van der Waals surface area contributed by atoms with Gasteiger partial charge in [-0.3, -0.25) is 0 Å². The predicted molar refractivity (Wildman–Crippen MR) is 125 cm³/mol. The fraction of sp³-hybridized carbons (Fsp3) is 0.739. The van der Waals surface area contributed by atoms with Crippen molar-refractivity contribution >= 4 is 43.5 Å². The van der Waals surface area contributed by atoms with E-state index >= 15 is 0 Å². The number of amides is 2. The molecule has 0 aromatic heterocycles. The fourth-order valence-electron chi connectivity index (χ4n) is 5.56. The first-order valence-electron chi connectivity index (χ1n) is 11.8. The van der Waals surface area contributed by atoms with Gasteiger partial charge in [0.15, 0.2) is 0 Å². The number of carbonyl (C=O) groups excluding carboxylic acids is 3. The zero-order chi connectivity index (χ0) is 24.6. The number of allylic oxidation sites excluding steroid dienone is 1. The van der Waals surface area contributed by atoms with Gasteiger partial charge < -0.3 is 0 Å². The van der Waals surface area contributed by atoms with Crippen LogP contribution in [0.1, 0.15) is 34.1 Å². The average molecular weight is 566 g/mol. The molecule has 6 atom stereocenters. The topological polar surface area (TPSA) is 96.2 Å². The third kappa shape index (κ3) is 4.88. The molecule has 0 spiro atoms. The Labute approximate surface area is 206 Å². The molecule has 10 heteroatoms. The summed E-state index contributed by atoms with van der Waals surface area (Å²) in [6.07, 6.45) is -0.997. The molecule has 6 unspecified atom stereocenters. The number of hydrogen-bond donors (Lipinski definition) is 1. The van der Waals surface area contributed by atoms with E-state index in [0.29, 0.717) is 12.1 Å². The molecule has 0 aromatic carbocycles. The first-order valence-corrected chi connectivity index (χ1v) is 15.4. The molecule has 0 aliphatic carbocycles. The van der Waals surface area contributed by atoms with Crippen LogP contribution in [0.25, 0.3) is 0 Å². The second-order valence-corrected chi connectivity index (χ2v) is 14.3. The van der Waals surface area contributed by atoms with Crippen LogP contribution in [0.2, 0.25) is 0 Å². The third-order valence-corrected chi connectivity index (χ3v) is 12.6. The standard InChI is InChI=1S/C23H36FN4O4.In/c1-7-27(8-2)11-12-28-15(4)18(21(25)29)14(3)20(28)17-10-9-16(24)13-32-23(31)19(17)22(30)26(5)6;/h13-16,18-19H,7-9,11-12H2,1-6H3,(H2,25,29);/b20-17+;. The van der Waals surface area contributed by atoms with E-state index in [9.17, 15) is 18.8 Å². The van der Waals surface area contributed by atoms with E-state index in [4.69, 9.17) is 10.5 Å². The monoisotopic (exact) mass is 566 g/mol. The summed E-state index contributed by atoms with van der Waals surface area (Å²) in [6, 6.07) is -0.184. The molecule has 1 saturated heterocycles. The van der Waals surface area contributed by atoms with Crippen LogP contribution in [0.5, 0.6) is 0 Å². The fourth-order valence-corrected chi connectivity index (χ4v) is 10.7. The maximum atomic E-state index is 14.7. The summed E-state index contributed by atoms with van der Waals surface area (Å²) < 4.78 is 20.5. The summed E-state index contributed by atoms with van der Waals surface area (Å²) in [5.74, 6) is -3.29. The van der Waals surface area contributed by atoms with E-state index in [-0.39, 0.29) is 24.3 Å². The molecule has 0 saturated carbocycles. The van der Waals surface area contributed by atoms with Crippen molar-refractivity contribution in [2.24, 2.45) is 23.5 Å². The molecule has 182 valence electrons. The number of fused-ring (bicyclic) bond motifs is 1. The number of alkyl halides is 1. The number of likely N-dealkylation sites (N-methyl/N-ethyl adjacent to an activating group) is 1. The van der Waals surface area contributed by atoms with Crippen LogP contribution in [-0.2, 0) is 19.1 Å². The zero-order valence-electron chi connectivity index (χ0n) is 20.5. The molecule has 33 heavy (non-hydrogen) atoms. The molecule has 2 amide bonds. The molecule has 8 nitrogen and oxygen atoms in total. The van der Waals surface area contributed by atoms with E-state index in [1.165, 1.54) is 4.90 Å². The van der Waals surface area contributed by atoms with Gasteiger partial charge in [-0.2, -0.15) is 0 Å². The minimum absolute atomic E-state index is 0.184. The van der Waals surface area contributed by atoms with Crippen LogP contribution in [-0.4, -0.2) is 115 Å². The van der Waals surface area contributed by atoms with E-state index in [1.807, 2.05) is 13.8 Å². The second-order valence-electron chi connectivity index (χ2n) is 9.46. The Morgan fingerprint density at radius 2 is 1.88 bits per heavy atom. The molecule has 2 N–H and O–H groups in total. The summed E-state index contributed by atoms with van der Waals surface area (Å²) in [6.45, 7) is 11.3. The first kappa shape index (κ1) is 26.2. The van der Waals surface area contributed by atoms with Gasteiger partial charge in [-0.25, -0.2) is 0 Å². The Balaban J connectivity index is 2.20. The third-order valence-electron chi connectivity index (χ3n) is 7.39. The predicted octanol–water partition coefficient (Wildman–Crippen LogP) is 0.230. The van der Waals surface area contributed by atoms with E-state index in [1.54, 1.807) is 14.1 Å². The molecule has 3 aliphatic heterocycles.